The smallest absolute Gasteiger partial charge is 0.337 e. The average Bonchev–Trinajstić information content (AvgIpc) is 2.72. The van der Waals surface area contributed by atoms with Gasteiger partial charge in [-0.2, -0.15) is 0 Å². The third-order valence-corrected chi connectivity index (χ3v) is 3.57. The van der Waals surface area contributed by atoms with E-state index in [0.717, 1.165) is 19.3 Å². The maximum Gasteiger partial charge on any atom is 0.337 e. The predicted octanol–water partition coefficient (Wildman–Crippen LogP) is 2.40. The van der Waals surface area contributed by atoms with Crippen LogP contribution in [-0.2, 0) is 19.0 Å². The van der Waals surface area contributed by atoms with Gasteiger partial charge in [-0.05, 0) is 20.3 Å². The van der Waals surface area contributed by atoms with Crippen LogP contribution in [-0.4, -0.2) is 42.3 Å². The van der Waals surface area contributed by atoms with Crippen LogP contribution in [0.2, 0.25) is 0 Å². The van der Waals surface area contributed by atoms with Crippen molar-refractivity contribution in [2.75, 3.05) is 7.11 Å². The molecule has 5 nitrogen and oxygen atoms in total. The summed E-state index contributed by atoms with van der Waals surface area (Å²) in [5.74, 6) is -1.44. The normalized spacial score (nSPS) is 26.4. The third-order valence-electron chi connectivity index (χ3n) is 3.57. The highest BCUT2D eigenvalue weighted by Gasteiger charge is 2.46. The molecule has 1 rings (SSSR count). The Labute approximate surface area is 121 Å². The van der Waals surface area contributed by atoms with Crippen molar-refractivity contribution in [3.8, 4) is 0 Å². The number of unbranched alkanes of at least 4 members (excludes halogenated alkanes) is 4. The number of carbonyl (C=O) groups excluding carboxylic acids is 1. The fourth-order valence-electron chi connectivity index (χ4n) is 2.56. The quantitative estimate of drug-likeness (QED) is 0.549. The number of aliphatic hydroxyl groups is 1. The van der Waals surface area contributed by atoms with Crippen LogP contribution in [0.25, 0.3) is 0 Å². The Morgan fingerprint density at radius 3 is 2.50 bits per heavy atom. The van der Waals surface area contributed by atoms with E-state index in [4.69, 9.17) is 9.47 Å². The highest BCUT2D eigenvalue weighted by atomic mass is 16.8. The highest BCUT2D eigenvalue weighted by molar-refractivity contribution is 5.75. The lowest BCUT2D eigenvalue weighted by atomic mass is 10.0. The van der Waals surface area contributed by atoms with Crippen LogP contribution in [0.5, 0.6) is 0 Å². The molecule has 0 aromatic rings. The zero-order chi connectivity index (χ0) is 15.2. The summed E-state index contributed by atoms with van der Waals surface area (Å²) in [7, 11) is 1.26. The molecule has 0 aromatic heterocycles. The number of rotatable bonds is 8. The minimum Gasteiger partial charge on any atom is -0.467 e. The molecule has 1 heterocycles. The molecule has 1 aliphatic heterocycles. The molecule has 0 unspecified atom stereocenters. The van der Waals surface area contributed by atoms with Crippen LogP contribution >= 0.6 is 0 Å². The number of hydrogen-bond acceptors (Lipinski definition) is 5. The van der Waals surface area contributed by atoms with Gasteiger partial charge in [0.2, 0.25) is 0 Å². The van der Waals surface area contributed by atoms with Gasteiger partial charge in [-0.25, -0.2) is 4.79 Å². The number of hydrogen-bond donors (Lipinski definition) is 1. The first-order chi connectivity index (χ1) is 9.41. The van der Waals surface area contributed by atoms with E-state index in [0.29, 0.717) is 0 Å². The highest BCUT2D eigenvalue weighted by Crippen LogP contribution is 2.33. The second kappa shape index (κ2) is 7.96. The van der Waals surface area contributed by atoms with Crippen molar-refractivity contribution in [1.29, 1.82) is 0 Å². The SMILES string of the molecule is CCCCCCC[C@H]1OC(C)(C)O[C@@H]1[C@H](O)C(=O)OC. The third kappa shape index (κ3) is 5.04. The first kappa shape index (κ1) is 17.4. The summed E-state index contributed by atoms with van der Waals surface area (Å²) in [6.45, 7) is 5.77. The zero-order valence-corrected chi connectivity index (χ0v) is 13.1. The Morgan fingerprint density at radius 2 is 1.90 bits per heavy atom. The van der Waals surface area contributed by atoms with Crippen LogP contribution in [0.3, 0.4) is 0 Å². The second-order valence-electron chi connectivity index (χ2n) is 5.81. The van der Waals surface area contributed by atoms with E-state index in [1.807, 2.05) is 0 Å². The summed E-state index contributed by atoms with van der Waals surface area (Å²) in [5.41, 5.74) is 0. The molecular weight excluding hydrogens is 260 g/mol. The minimum absolute atomic E-state index is 0.263. The van der Waals surface area contributed by atoms with Crippen LogP contribution in [0, 0.1) is 0 Å². The van der Waals surface area contributed by atoms with Gasteiger partial charge in [0, 0.05) is 0 Å². The molecule has 1 saturated heterocycles. The first-order valence-corrected chi connectivity index (χ1v) is 7.53. The van der Waals surface area contributed by atoms with E-state index < -0.39 is 24.0 Å². The number of methoxy groups -OCH3 is 1. The van der Waals surface area contributed by atoms with Crippen LogP contribution in [0.4, 0.5) is 0 Å². The monoisotopic (exact) mass is 288 g/mol. The predicted molar refractivity (Wildman–Crippen MR) is 75.2 cm³/mol. The maximum absolute atomic E-state index is 11.5. The Balaban J connectivity index is 2.50. The van der Waals surface area contributed by atoms with Crippen molar-refractivity contribution in [1.82, 2.24) is 0 Å². The lowest BCUT2D eigenvalue weighted by Gasteiger charge is -2.20. The fraction of sp³-hybridized carbons (Fsp3) is 0.933. The number of esters is 1. The fourth-order valence-corrected chi connectivity index (χ4v) is 2.56. The Hall–Kier alpha value is -0.650. The summed E-state index contributed by atoms with van der Waals surface area (Å²) in [5, 5.41) is 9.98. The van der Waals surface area contributed by atoms with E-state index in [1.165, 1.54) is 26.4 Å². The molecule has 0 aliphatic carbocycles. The maximum atomic E-state index is 11.5. The molecular formula is C15H28O5. The van der Waals surface area contributed by atoms with Crippen molar-refractivity contribution in [2.45, 2.75) is 83.4 Å². The van der Waals surface area contributed by atoms with E-state index >= 15 is 0 Å². The minimum atomic E-state index is -1.29. The lowest BCUT2D eigenvalue weighted by molar-refractivity contribution is -0.170. The molecule has 118 valence electrons. The molecule has 1 fully saturated rings. The van der Waals surface area contributed by atoms with E-state index in [-0.39, 0.29) is 6.10 Å². The molecule has 0 saturated carbocycles. The Morgan fingerprint density at radius 1 is 1.25 bits per heavy atom. The number of carbonyl (C=O) groups is 1. The molecule has 3 atom stereocenters. The van der Waals surface area contributed by atoms with Gasteiger partial charge in [0.1, 0.15) is 6.10 Å². The van der Waals surface area contributed by atoms with Gasteiger partial charge in [-0.1, -0.05) is 39.0 Å². The Bertz CT molecular complexity index is 303. The first-order valence-electron chi connectivity index (χ1n) is 7.53. The molecule has 0 aromatic carbocycles. The number of ether oxygens (including phenoxy) is 3. The lowest BCUT2D eigenvalue weighted by Crippen LogP contribution is -2.41. The summed E-state index contributed by atoms with van der Waals surface area (Å²) in [6, 6.07) is 0. The molecule has 20 heavy (non-hydrogen) atoms. The van der Waals surface area contributed by atoms with E-state index in [1.54, 1.807) is 13.8 Å². The van der Waals surface area contributed by atoms with Crippen molar-refractivity contribution in [3.63, 3.8) is 0 Å². The van der Waals surface area contributed by atoms with E-state index in [9.17, 15) is 9.90 Å². The van der Waals surface area contributed by atoms with Gasteiger partial charge in [-0.15, -0.1) is 0 Å². The largest absolute Gasteiger partial charge is 0.467 e. The zero-order valence-electron chi connectivity index (χ0n) is 13.1. The van der Waals surface area contributed by atoms with Crippen LogP contribution < -0.4 is 0 Å². The summed E-state index contributed by atoms with van der Waals surface area (Å²) in [6.07, 6.45) is 4.38. The summed E-state index contributed by atoms with van der Waals surface area (Å²) < 4.78 is 16.0. The Kier molecular flexibility index (Phi) is 6.92. The van der Waals surface area contributed by atoms with Crippen molar-refractivity contribution in [2.24, 2.45) is 0 Å². The van der Waals surface area contributed by atoms with Crippen molar-refractivity contribution < 1.29 is 24.1 Å². The van der Waals surface area contributed by atoms with Gasteiger partial charge in [0.25, 0.3) is 0 Å². The standard InChI is InChI=1S/C15H28O5/c1-5-6-7-8-9-10-11-13(12(16)14(17)18-4)20-15(2,3)19-11/h11-13,16H,5-10H2,1-4H3/t11-,12+,13+/m1/s1. The molecule has 1 N–H and O–H groups in total. The average molecular weight is 288 g/mol. The molecule has 5 heteroatoms. The topological polar surface area (TPSA) is 65.0 Å². The molecule has 0 radical (unpaired) electrons. The molecule has 0 amide bonds. The molecule has 1 aliphatic rings. The molecule has 0 spiro atoms. The van der Waals surface area contributed by atoms with Crippen LogP contribution in [0.1, 0.15) is 59.3 Å². The summed E-state index contributed by atoms with van der Waals surface area (Å²) >= 11 is 0. The van der Waals surface area contributed by atoms with Gasteiger partial charge < -0.3 is 19.3 Å². The molecule has 0 bridgehead atoms. The van der Waals surface area contributed by atoms with E-state index in [2.05, 4.69) is 11.7 Å². The van der Waals surface area contributed by atoms with Gasteiger partial charge >= 0.3 is 5.97 Å². The van der Waals surface area contributed by atoms with Crippen LogP contribution in [0.15, 0.2) is 0 Å². The number of aliphatic hydroxyl groups excluding tert-OH is 1. The van der Waals surface area contributed by atoms with Gasteiger partial charge in [0.15, 0.2) is 11.9 Å². The second-order valence-corrected chi connectivity index (χ2v) is 5.81. The van der Waals surface area contributed by atoms with Gasteiger partial charge in [-0.3, -0.25) is 0 Å². The summed E-state index contributed by atoms with van der Waals surface area (Å²) in [4.78, 5) is 11.5. The van der Waals surface area contributed by atoms with Crippen molar-refractivity contribution in [3.05, 3.63) is 0 Å². The van der Waals surface area contributed by atoms with Gasteiger partial charge in [0.05, 0.1) is 13.2 Å². The van der Waals surface area contributed by atoms with Crippen molar-refractivity contribution >= 4 is 5.97 Å².